The lowest BCUT2D eigenvalue weighted by Gasteiger charge is -2.18. The first-order chi connectivity index (χ1) is 16.0. The fraction of sp³-hybridized carbons (Fsp3) is 0.148. The molecule has 0 radical (unpaired) electrons. The van der Waals surface area contributed by atoms with Crippen LogP contribution < -0.4 is 10.6 Å². The first-order valence-corrected chi connectivity index (χ1v) is 11.2. The molecular formula is C27H26N4OS. The van der Waals surface area contributed by atoms with E-state index < -0.39 is 5.92 Å². The Morgan fingerprint density at radius 3 is 2.00 bits per heavy atom. The third kappa shape index (κ3) is 5.54. The van der Waals surface area contributed by atoms with Crippen LogP contribution in [0.4, 0.5) is 5.69 Å². The van der Waals surface area contributed by atoms with Gasteiger partial charge >= 0.3 is 0 Å². The second-order valence-corrected chi connectivity index (χ2v) is 8.39. The summed E-state index contributed by atoms with van der Waals surface area (Å²) >= 11 is 5.44. The van der Waals surface area contributed by atoms with Gasteiger partial charge in [-0.25, -0.2) is 0 Å². The molecule has 3 aromatic carbocycles. The van der Waals surface area contributed by atoms with Crippen molar-refractivity contribution < 1.29 is 4.79 Å². The van der Waals surface area contributed by atoms with E-state index >= 15 is 0 Å². The third-order valence-electron chi connectivity index (χ3n) is 5.64. The molecule has 5 nitrogen and oxygen atoms in total. The average molecular weight is 455 g/mol. The maximum Gasteiger partial charge on any atom is 0.238 e. The van der Waals surface area contributed by atoms with Gasteiger partial charge in [-0.2, -0.15) is 5.10 Å². The molecule has 0 aliphatic heterocycles. The summed E-state index contributed by atoms with van der Waals surface area (Å²) in [6, 6.07) is 27.5. The first kappa shape index (κ1) is 22.4. The number of H-pyrrole nitrogens is 1. The molecule has 1 amide bonds. The van der Waals surface area contributed by atoms with Gasteiger partial charge in [-0.15, -0.1) is 0 Å². The summed E-state index contributed by atoms with van der Waals surface area (Å²) in [5, 5.41) is 13.5. The predicted octanol–water partition coefficient (Wildman–Crippen LogP) is 5.26. The summed E-state index contributed by atoms with van der Waals surface area (Å²) in [5.74, 6) is -0.622. The molecule has 3 N–H and O–H groups in total. The Kier molecular flexibility index (Phi) is 6.95. The molecule has 0 saturated carbocycles. The van der Waals surface area contributed by atoms with E-state index in [0.717, 1.165) is 34.6 Å². The molecule has 0 unspecified atom stereocenters. The van der Waals surface area contributed by atoms with E-state index in [-0.39, 0.29) is 11.0 Å². The van der Waals surface area contributed by atoms with Crippen molar-refractivity contribution in [1.29, 1.82) is 0 Å². The van der Waals surface area contributed by atoms with Crippen LogP contribution in [-0.4, -0.2) is 21.2 Å². The van der Waals surface area contributed by atoms with Crippen LogP contribution in [0.2, 0.25) is 0 Å². The summed E-state index contributed by atoms with van der Waals surface area (Å²) in [5.41, 5.74) is 7.15. The number of aromatic amines is 1. The van der Waals surface area contributed by atoms with E-state index in [2.05, 4.69) is 33.0 Å². The second-order valence-electron chi connectivity index (χ2n) is 7.98. The van der Waals surface area contributed by atoms with Crippen molar-refractivity contribution in [3.8, 4) is 0 Å². The SMILES string of the molecule is Cc1n[nH]c(C)c1Cc1ccc(NC(=S)NC(=O)C(c2ccccc2)c2ccccc2)cc1. The Hall–Kier alpha value is -3.77. The van der Waals surface area contributed by atoms with Crippen molar-refractivity contribution in [3.05, 3.63) is 119 Å². The number of hydrogen-bond donors (Lipinski definition) is 3. The molecule has 0 bridgehead atoms. The Bertz CT molecular complexity index is 1180. The smallest absolute Gasteiger partial charge is 0.238 e. The Balaban J connectivity index is 1.42. The Labute approximate surface area is 199 Å². The number of amides is 1. The minimum atomic E-state index is -0.448. The number of aryl methyl sites for hydroxylation is 2. The van der Waals surface area contributed by atoms with Crippen molar-refractivity contribution >= 4 is 28.9 Å². The monoisotopic (exact) mass is 454 g/mol. The van der Waals surface area contributed by atoms with Crippen LogP contribution in [0.15, 0.2) is 84.9 Å². The molecule has 0 aliphatic carbocycles. The van der Waals surface area contributed by atoms with Crippen LogP contribution in [0.5, 0.6) is 0 Å². The van der Waals surface area contributed by atoms with Gasteiger partial charge in [0, 0.05) is 23.4 Å². The first-order valence-electron chi connectivity index (χ1n) is 10.8. The van der Waals surface area contributed by atoms with E-state index in [4.69, 9.17) is 12.2 Å². The lowest BCUT2D eigenvalue weighted by Crippen LogP contribution is -2.37. The number of carbonyl (C=O) groups excluding carboxylic acids is 1. The molecule has 33 heavy (non-hydrogen) atoms. The van der Waals surface area contributed by atoms with Crippen LogP contribution in [0.25, 0.3) is 0 Å². The van der Waals surface area contributed by atoms with Crippen LogP contribution in [0, 0.1) is 13.8 Å². The minimum absolute atomic E-state index is 0.174. The van der Waals surface area contributed by atoms with Gasteiger partial charge in [-0.3, -0.25) is 9.89 Å². The van der Waals surface area contributed by atoms with Gasteiger partial charge in [-0.05, 0) is 54.9 Å². The maximum absolute atomic E-state index is 13.2. The number of thiocarbonyl (C=S) groups is 1. The molecule has 0 saturated heterocycles. The second kappa shape index (κ2) is 10.2. The van der Waals surface area contributed by atoms with E-state index in [1.165, 1.54) is 11.1 Å². The zero-order valence-corrected chi connectivity index (χ0v) is 19.4. The van der Waals surface area contributed by atoms with Gasteiger partial charge in [0.2, 0.25) is 5.91 Å². The van der Waals surface area contributed by atoms with Gasteiger partial charge in [0.15, 0.2) is 5.11 Å². The summed E-state index contributed by atoms with van der Waals surface area (Å²) in [7, 11) is 0. The van der Waals surface area contributed by atoms with E-state index in [0.29, 0.717) is 0 Å². The van der Waals surface area contributed by atoms with Crippen LogP contribution >= 0.6 is 12.2 Å². The molecule has 4 aromatic rings. The molecule has 0 atom stereocenters. The van der Waals surface area contributed by atoms with Crippen molar-refractivity contribution in [3.63, 3.8) is 0 Å². The highest BCUT2D eigenvalue weighted by atomic mass is 32.1. The summed E-state index contributed by atoms with van der Waals surface area (Å²) < 4.78 is 0. The molecule has 166 valence electrons. The van der Waals surface area contributed by atoms with Crippen LogP contribution in [-0.2, 0) is 11.2 Å². The fourth-order valence-corrected chi connectivity index (χ4v) is 4.10. The molecule has 0 aliphatic rings. The highest BCUT2D eigenvalue weighted by Crippen LogP contribution is 2.25. The van der Waals surface area contributed by atoms with E-state index in [9.17, 15) is 4.79 Å². The summed E-state index contributed by atoms with van der Waals surface area (Å²) in [4.78, 5) is 13.2. The Morgan fingerprint density at radius 1 is 0.909 bits per heavy atom. The van der Waals surface area contributed by atoms with Gasteiger partial charge < -0.3 is 10.6 Å². The lowest BCUT2D eigenvalue weighted by molar-refractivity contribution is -0.120. The number of aromatic nitrogens is 2. The van der Waals surface area contributed by atoms with Crippen LogP contribution in [0.1, 0.15) is 39.6 Å². The van der Waals surface area contributed by atoms with E-state index in [1.54, 1.807) is 0 Å². The molecular weight excluding hydrogens is 428 g/mol. The summed E-state index contributed by atoms with van der Waals surface area (Å²) in [6.45, 7) is 4.04. The quantitative estimate of drug-likeness (QED) is 0.348. The number of hydrogen-bond acceptors (Lipinski definition) is 3. The number of rotatable bonds is 6. The van der Waals surface area contributed by atoms with Gasteiger partial charge in [-0.1, -0.05) is 72.8 Å². The van der Waals surface area contributed by atoms with Gasteiger partial charge in [0.1, 0.15) is 0 Å². The van der Waals surface area contributed by atoms with Crippen molar-refractivity contribution in [2.24, 2.45) is 0 Å². The number of carbonyl (C=O) groups is 1. The molecule has 1 aromatic heterocycles. The maximum atomic E-state index is 13.2. The highest BCUT2D eigenvalue weighted by Gasteiger charge is 2.23. The van der Waals surface area contributed by atoms with Crippen molar-refractivity contribution in [2.45, 2.75) is 26.2 Å². The normalized spacial score (nSPS) is 10.8. The largest absolute Gasteiger partial charge is 0.332 e. The molecule has 6 heteroatoms. The number of nitrogens with one attached hydrogen (secondary N) is 3. The van der Waals surface area contributed by atoms with Gasteiger partial charge in [0.05, 0.1) is 11.6 Å². The topological polar surface area (TPSA) is 69.8 Å². The van der Waals surface area contributed by atoms with Crippen LogP contribution in [0.3, 0.4) is 0 Å². The number of nitrogens with zero attached hydrogens (tertiary/aromatic N) is 1. The van der Waals surface area contributed by atoms with Crippen molar-refractivity contribution in [1.82, 2.24) is 15.5 Å². The highest BCUT2D eigenvalue weighted by molar-refractivity contribution is 7.80. The zero-order valence-electron chi connectivity index (χ0n) is 18.6. The predicted molar refractivity (Wildman–Crippen MR) is 136 cm³/mol. The molecule has 4 rings (SSSR count). The standard InChI is InChI=1S/C27H26N4OS/c1-18-24(19(2)31-30-18)17-20-13-15-23(16-14-20)28-27(33)29-26(32)25(21-9-5-3-6-10-21)22-11-7-4-8-12-22/h3-16,25H,17H2,1-2H3,(H,30,31)(H2,28,29,32,33). The molecule has 0 spiro atoms. The summed E-state index contributed by atoms with van der Waals surface area (Å²) in [6.07, 6.45) is 0.811. The molecule has 0 fully saturated rings. The van der Waals surface area contributed by atoms with E-state index in [1.807, 2.05) is 86.6 Å². The van der Waals surface area contributed by atoms with Crippen molar-refractivity contribution in [2.75, 3.05) is 5.32 Å². The lowest BCUT2D eigenvalue weighted by atomic mass is 9.90. The third-order valence-corrected chi connectivity index (χ3v) is 5.84. The number of benzene rings is 3. The van der Waals surface area contributed by atoms with Gasteiger partial charge in [0.25, 0.3) is 0 Å². The minimum Gasteiger partial charge on any atom is -0.332 e. The molecule has 1 heterocycles. The zero-order chi connectivity index (χ0) is 23.2. The average Bonchev–Trinajstić information content (AvgIpc) is 3.14. The fourth-order valence-electron chi connectivity index (χ4n) is 3.88. The number of anilines is 1. The Morgan fingerprint density at radius 2 is 1.48 bits per heavy atom.